The van der Waals surface area contributed by atoms with E-state index in [0.29, 0.717) is 5.16 Å². The molecular weight excluding hydrogens is 304 g/mol. The minimum atomic E-state index is -1.03. The van der Waals surface area contributed by atoms with Gasteiger partial charge >= 0.3 is 11.9 Å². The third kappa shape index (κ3) is 3.24. The first-order valence-corrected chi connectivity index (χ1v) is 7.60. The molecule has 0 saturated heterocycles. The number of carboxylic acids is 1. The molecule has 1 aromatic heterocycles. The van der Waals surface area contributed by atoms with Gasteiger partial charge in [-0.1, -0.05) is 0 Å². The fraction of sp³-hybridized carbons (Fsp3) is 0.400. The van der Waals surface area contributed by atoms with Crippen molar-refractivity contribution in [2.24, 2.45) is 0 Å². The Morgan fingerprint density at radius 3 is 2.36 bits per heavy atom. The standard InChI is InChI=1S/C15H18N2O4S/c1-7-8(2)10(4)14-13(9(7)3)16-15(17-14)22-21-12(20)6-5-11(18)19/h5-6H2,1-4H3,(H,16,17)(H,18,19). The highest BCUT2D eigenvalue weighted by atomic mass is 32.2. The third-order valence-electron chi connectivity index (χ3n) is 3.86. The van der Waals surface area contributed by atoms with Crippen molar-refractivity contribution in [2.45, 2.75) is 45.7 Å². The zero-order valence-corrected chi connectivity index (χ0v) is 13.8. The van der Waals surface area contributed by atoms with Crippen molar-refractivity contribution in [3.05, 3.63) is 22.3 Å². The molecule has 1 heterocycles. The number of rotatable bonds is 5. The van der Waals surface area contributed by atoms with Crippen LogP contribution < -0.4 is 0 Å². The van der Waals surface area contributed by atoms with Crippen LogP contribution in [0.2, 0.25) is 0 Å². The van der Waals surface area contributed by atoms with Crippen LogP contribution in [-0.4, -0.2) is 27.0 Å². The lowest BCUT2D eigenvalue weighted by Gasteiger charge is -2.09. The van der Waals surface area contributed by atoms with Crippen molar-refractivity contribution < 1.29 is 18.9 Å². The third-order valence-corrected chi connectivity index (χ3v) is 4.48. The summed E-state index contributed by atoms with van der Waals surface area (Å²) in [7, 11) is 0. The van der Waals surface area contributed by atoms with Gasteiger partial charge in [0.25, 0.3) is 0 Å². The van der Waals surface area contributed by atoms with Crippen LogP contribution in [0.5, 0.6) is 0 Å². The molecule has 0 spiro atoms. The van der Waals surface area contributed by atoms with E-state index in [1.54, 1.807) is 0 Å². The number of nitrogens with one attached hydrogen (secondary N) is 1. The molecule has 0 fully saturated rings. The van der Waals surface area contributed by atoms with Crippen LogP contribution in [0.3, 0.4) is 0 Å². The molecule has 0 unspecified atom stereocenters. The maximum absolute atomic E-state index is 11.4. The average Bonchev–Trinajstić information content (AvgIpc) is 2.91. The number of carbonyl (C=O) groups is 2. The summed E-state index contributed by atoms with van der Waals surface area (Å²) in [4.78, 5) is 29.4. The highest BCUT2D eigenvalue weighted by Gasteiger charge is 2.15. The smallest absolute Gasteiger partial charge is 0.318 e. The van der Waals surface area contributed by atoms with Gasteiger partial charge in [-0.25, -0.2) is 4.98 Å². The Kier molecular flexibility index (Phi) is 4.75. The number of nitrogens with zero attached hydrogens (tertiary/aromatic N) is 1. The predicted octanol–water partition coefficient (Wildman–Crippen LogP) is 3.21. The van der Waals surface area contributed by atoms with Gasteiger partial charge in [0.1, 0.15) is 12.0 Å². The Morgan fingerprint density at radius 1 is 1.09 bits per heavy atom. The van der Waals surface area contributed by atoms with Crippen LogP contribution in [0.15, 0.2) is 5.16 Å². The lowest BCUT2D eigenvalue weighted by molar-refractivity contribution is -0.141. The summed E-state index contributed by atoms with van der Waals surface area (Å²) in [6.07, 6.45) is -0.394. The molecule has 0 atom stereocenters. The van der Waals surface area contributed by atoms with Crippen molar-refractivity contribution in [3.8, 4) is 0 Å². The average molecular weight is 322 g/mol. The zero-order valence-electron chi connectivity index (χ0n) is 12.9. The van der Waals surface area contributed by atoms with E-state index in [0.717, 1.165) is 34.2 Å². The number of aromatic nitrogens is 2. The molecular formula is C15H18N2O4S. The summed E-state index contributed by atoms with van der Waals surface area (Å²) < 4.78 is 4.97. The monoisotopic (exact) mass is 322 g/mol. The van der Waals surface area contributed by atoms with Crippen LogP contribution in [0.4, 0.5) is 0 Å². The first-order valence-electron chi connectivity index (χ1n) is 6.86. The quantitative estimate of drug-likeness (QED) is 0.821. The molecule has 0 radical (unpaired) electrons. The van der Waals surface area contributed by atoms with Gasteiger partial charge < -0.3 is 14.3 Å². The molecule has 2 rings (SSSR count). The van der Waals surface area contributed by atoms with Crippen LogP contribution in [0.25, 0.3) is 11.0 Å². The lowest BCUT2D eigenvalue weighted by Crippen LogP contribution is -2.03. The molecule has 0 bridgehead atoms. The van der Waals surface area contributed by atoms with E-state index < -0.39 is 11.9 Å². The van der Waals surface area contributed by atoms with Gasteiger partial charge in [0.05, 0.1) is 23.9 Å². The number of imidazole rings is 1. The van der Waals surface area contributed by atoms with E-state index in [2.05, 4.69) is 23.8 Å². The summed E-state index contributed by atoms with van der Waals surface area (Å²) in [6, 6.07) is 0. The number of hydrogen-bond acceptors (Lipinski definition) is 5. The van der Waals surface area contributed by atoms with E-state index in [1.807, 2.05) is 13.8 Å². The highest BCUT2D eigenvalue weighted by molar-refractivity contribution is 7.94. The summed E-state index contributed by atoms with van der Waals surface area (Å²) in [6.45, 7) is 8.16. The number of H-pyrrole nitrogens is 1. The van der Waals surface area contributed by atoms with Gasteiger partial charge in [0, 0.05) is 0 Å². The number of carbonyl (C=O) groups excluding carboxylic acids is 1. The van der Waals surface area contributed by atoms with E-state index >= 15 is 0 Å². The number of aliphatic carboxylic acids is 1. The second-order valence-electron chi connectivity index (χ2n) is 5.20. The van der Waals surface area contributed by atoms with E-state index in [9.17, 15) is 9.59 Å². The van der Waals surface area contributed by atoms with Crippen molar-refractivity contribution in [1.29, 1.82) is 0 Å². The molecule has 0 aliphatic carbocycles. The predicted molar refractivity (Wildman–Crippen MR) is 83.9 cm³/mol. The molecule has 1 aromatic carbocycles. The Balaban J connectivity index is 2.17. The summed E-state index contributed by atoms with van der Waals surface area (Å²) in [5.41, 5.74) is 6.43. The minimum absolute atomic E-state index is 0.154. The molecule has 0 saturated carbocycles. The molecule has 7 heteroatoms. The van der Waals surface area contributed by atoms with Gasteiger partial charge in [-0.15, -0.1) is 0 Å². The SMILES string of the molecule is Cc1c(C)c(C)c2[nH]c(SOC(=O)CCC(=O)O)nc2c1C. The van der Waals surface area contributed by atoms with Crippen molar-refractivity contribution in [1.82, 2.24) is 9.97 Å². The van der Waals surface area contributed by atoms with Gasteiger partial charge in [-0.2, -0.15) is 0 Å². The number of benzene rings is 1. The van der Waals surface area contributed by atoms with Gasteiger partial charge in [0.15, 0.2) is 0 Å². The van der Waals surface area contributed by atoms with Crippen LogP contribution >= 0.6 is 12.0 Å². The van der Waals surface area contributed by atoms with Gasteiger partial charge in [0.2, 0.25) is 5.16 Å². The zero-order chi connectivity index (χ0) is 16.4. The van der Waals surface area contributed by atoms with Crippen molar-refractivity contribution in [3.63, 3.8) is 0 Å². The van der Waals surface area contributed by atoms with E-state index in [1.165, 1.54) is 11.1 Å². The fourth-order valence-electron chi connectivity index (χ4n) is 2.20. The molecule has 118 valence electrons. The number of fused-ring (bicyclic) bond motifs is 1. The molecule has 0 aliphatic heterocycles. The van der Waals surface area contributed by atoms with Crippen molar-refractivity contribution >= 4 is 35.0 Å². The van der Waals surface area contributed by atoms with Gasteiger partial charge in [-0.05, 0) is 49.9 Å². The number of carboxylic acid groups (broad SMARTS) is 1. The molecule has 0 amide bonds. The molecule has 0 aliphatic rings. The second kappa shape index (κ2) is 6.39. The fourth-order valence-corrected chi connectivity index (χ4v) is 2.73. The molecule has 22 heavy (non-hydrogen) atoms. The number of hydrogen-bond donors (Lipinski definition) is 2. The first-order chi connectivity index (χ1) is 10.3. The number of aromatic amines is 1. The minimum Gasteiger partial charge on any atom is -0.481 e. The lowest BCUT2D eigenvalue weighted by atomic mass is 9.98. The van der Waals surface area contributed by atoms with Crippen LogP contribution in [0, 0.1) is 27.7 Å². The first kappa shape index (κ1) is 16.4. The Labute approximate surface area is 132 Å². The summed E-state index contributed by atoms with van der Waals surface area (Å²) >= 11 is 0.826. The maximum Gasteiger partial charge on any atom is 0.318 e. The summed E-state index contributed by atoms with van der Waals surface area (Å²) in [5.74, 6) is -1.60. The Bertz CT molecular complexity index is 707. The normalized spacial score (nSPS) is 10.9. The number of aryl methyl sites for hydroxylation is 2. The highest BCUT2D eigenvalue weighted by Crippen LogP contribution is 2.30. The van der Waals surface area contributed by atoms with E-state index in [-0.39, 0.29) is 12.8 Å². The molecule has 2 N–H and O–H groups in total. The summed E-state index contributed by atoms with van der Waals surface area (Å²) in [5, 5.41) is 9.00. The topological polar surface area (TPSA) is 92.3 Å². The van der Waals surface area contributed by atoms with Crippen LogP contribution in [-0.2, 0) is 13.8 Å². The van der Waals surface area contributed by atoms with Crippen molar-refractivity contribution in [2.75, 3.05) is 0 Å². The second-order valence-corrected chi connectivity index (χ2v) is 5.92. The van der Waals surface area contributed by atoms with E-state index in [4.69, 9.17) is 9.29 Å². The molecule has 2 aromatic rings. The Hall–Kier alpha value is -2.02. The molecule has 6 nitrogen and oxygen atoms in total. The van der Waals surface area contributed by atoms with Gasteiger partial charge in [-0.3, -0.25) is 9.59 Å². The Morgan fingerprint density at radius 2 is 1.73 bits per heavy atom. The maximum atomic E-state index is 11.4. The largest absolute Gasteiger partial charge is 0.481 e. The van der Waals surface area contributed by atoms with Crippen LogP contribution in [0.1, 0.15) is 35.1 Å².